The number of nitrogens with one attached hydrogen (secondary N) is 3. The lowest BCUT2D eigenvalue weighted by atomic mass is 9.86. The second-order valence-corrected chi connectivity index (χ2v) is 11.2. The average Bonchev–Trinajstić information content (AvgIpc) is 3.46. The van der Waals surface area contributed by atoms with E-state index in [4.69, 9.17) is 14.5 Å². The number of hydrogen-bond donors (Lipinski definition) is 3. The number of aromatic amines is 1. The number of aryl methyl sites for hydroxylation is 1. The van der Waals surface area contributed by atoms with Crippen molar-refractivity contribution in [3.63, 3.8) is 0 Å². The van der Waals surface area contributed by atoms with E-state index in [1.807, 2.05) is 33.0 Å². The first-order valence-electron chi connectivity index (χ1n) is 13.0. The highest BCUT2D eigenvalue weighted by Crippen LogP contribution is 2.42. The fourth-order valence-electron chi connectivity index (χ4n) is 4.70. The third-order valence-electron chi connectivity index (χ3n) is 6.84. The molecule has 3 N–H and O–H groups in total. The Morgan fingerprint density at radius 2 is 1.94 bits per heavy atom. The van der Waals surface area contributed by atoms with E-state index < -0.39 is 0 Å². The first-order chi connectivity index (χ1) is 17.4. The second-order valence-electron chi connectivity index (χ2n) is 10.2. The van der Waals surface area contributed by atoms with Gasteiger partial charge in [-0.25, -0.2) is 9.78 Å². The standard InChI is InChI=1S/C27H35N5O3S/c1-16(2)34-27(33)30-19-9-7-18(8-10-19)26-28-15-24(36-26)22-12-11-20(29-25-13-17(3)31-32-25)14-23(22)35-21-5-4-6-21/h11-16,18-19,21H,4-10H2,1-3H3,(H,30,33)(H2,29,31,32). The molecular weight excluding hydrogens is 474 g/mol. The van der Waals surface area contributed by atoms with Crippen LogP contribution >= 0.6 is 11.3 Å². The van der Waals surface area contributed by atoms with Crippen LogP contribution in [-0.4, -0.2) is 39.5 Å². The molecule has 2 aliphatic rings. The van der Waals surface area contributed by atoms with Crippen LogP contribution in [0.5, 0.6) is 5.75 Å². The third kappa shape index (κ3) is 6.00. The molecule has 0 radical (unpaired) electrons. The van der Waals surface area contributed by atoms with Crippen LogP contribution in [0.3, 0.4) is 0 Å². The summed E-state index contributed by atoms with van der Waals surface area (Å²) in [6, 6.07) is 8.42. The third-order valence-corrected chi connectivity index (χ3v) is 8.03. The van der Waals surface area contributed by atoms with Crippen LogP contribution in [0.2, 0.25) is 0 Å². The van der Waals surface area contributed by atoms with Gasteiger partial charge in [0.15, 0.2) is 5.82 Å². The molecule has 0 bridgehead atoms. The Hall–Kier alpha value is -3.07. The predicted octanol–water partition coefficient (Wildman–Crippen LogP) is 6.68. The zero-order chi connectivity index (χ0) is 25.1. The summed E-state index contributed by atoms with van der Waals surface area (Å²) >= 11 is 1.76. The van der Waals surface area contributed by atoms with Crippen LogP contribution in [0.1, 0.15) is 75.4 Å². The van der Waals surface area contributed by atoms with Crippen LogP contribution in [-0.2, 0) is 4.74 Å². The number of nitrogens with zero attached hydrogens (tertiary/aromatic N) is 2. The topological polar surface area (TPSA) is 101 Å². The number of amides is 1. The zero-order valence-electron chi connectivity index (χ0n) is 21.2. The van der Waals surface area contributed by atoms with Crippen molar-refractivity contribution in [1.82, 2.24) is 20.5 Å². The Bertz CT molecular complexity index is 1180. The SMILES string of the molecule is Cc1cc(Nc2ccc(-c3cnc(C4CCC(NC(=O)OC(C)C)CC4)s3)c(OC3CCC3)c2)n[nH]1. The van der Waals surface area contributed by atoms with Gasteiger partial charge in [0.2, 0.25) is 0 Å². The minimum atomic E-state index is -0.315. The maximum absolute atomic E-state index is 11.9. The molecule has 0 saturated heterocycles. The summed E-state index contributed by atoms with van der Waals surface area (Å²) in [5.74, 6) is 2.10. The van der Waals surface area contributed by atoms with Gasteiger partial charge in [-0.3, -0.25) is 5.10 Å². The average molecular weight is 510 g/mol. The summed E-state index contributed by atoms with van der Waals surface area (Å²) in [4.78, 5) is 17.9. The van der Waals surface area contributed by atoms with E-state index >= 15 is 0 Å². The first kappa shape index (κ1) is 24.6. The van der Waals surface area contributed by atoms with Gasteiger partial charge in [-0.15, -0.1) is 11.3 Å². The molecule has 5 rings (SSSR count). The molecule has 1 aromatic carbocycles. The van der Waals surface area contributed by atoms with E-state index in [9.17, 15) is 4.79 Å². The zero-order valence-corrected chi connectivity index (χ0v) is 22.0. The van der Waals surface area contributed by atoms with Gasteiger partial charge in [0.1, 0.15) is 5.75 Å². The van der Waals surface area contributed by atoms with Crippen LogP contribution in [0, 0.1) is 6.92 Å². The molecule has 3 aromatic rings. The van der Waals surface area contributed by atoms with E-state index in [-0.39, 0.29) is 24.3 Å². The predicted molar refractivity (Wildman–Crippen MR) is 142 cm³/mol. The van der Waals surface area contributed by atoms with Crippen molar-refractivity contribution in [3.05, 3.63) is 41.2 Å². The van der Waals surface area contributed by atoms with Gasteiger partial charge in [-0.05, 0) is 77.8 Å². The molecule has 2 fully saturated rings. The van der Waals surface area contributed by atoms with E-state index in [1.54, 1.807) is 11.3 Å². The normalized spacial score (nSPS) is 20.1. The molecule has 8 nitrogen and oxygen atoms in total. The maximum atomic E-state index is 11.9. The van der Waals surface area contributed by atoms with Crippen LogP contribution in [0.4, 0.5) is 16.3 Å². The highest BCUT2D eigenvalue weighted by molar-refractivity contribution is 7.15. The molecule has 192 valence electrons. The summed E-state index contributed by atoms with van der Waals surface area (Å²) in [5, 5.41) is 14.8. The summed E-state index contributed by atoms with van der Waals surface area (Å²) in [5.41, 5.74) is 3.05. The smallest absolute Gasteiger partial charge is 0.407 e. The number of hydrogen-bond acceptors (Lipinski definition) is 7. The van der Waals surface area contributed by atoms with Crippen molar-refractivity contribution < 1.29 is 14.3 Å². The number of thiazole rings is 1. The minimum absolute atomic E-state index is 0.104. The molecule has 1 amide bonds. The second kappa shape index (κ2) is 10.9. The number of H-pyrrole nitrogens is 1. The molecule has 36 heavy (non-hydrogen) atoms. The maximum Gasteiger partial charge on any atom is 0.407 e. The lowest BCUT2D eigenvalue weighted by Crippen LogP contribution is -2.38. The summed E-state index contributed by atoms with van der Waals surface area (Å²) in [6.45, 7) is 5.71. The molecule has 0 spiro atoms. The van der Waals surface area contributed by atoms with Crippen LogP contribution in [0.15, 0.2) is 30.5 Å². The van der Waals surface area contributed by atoms with Gasteiger partial charge >= 0.3 is 6.09 Å². The Labute approximate surface area is 216 Å². The molecule has 2 saturated carbocycles. The highest BCUT2D eigenvalue weighted by Gasteiger charge is 2.27. The van der Waals surface area contributed by atoms with Crippen molar-refractivity contribution in [2.45, 2.75) is 89.9 Å². The highest BCUT2D eigenvalue weighted by atomic mass is 32.1. The largest absolute Gasteiger partial charge is 0.490 e. The van der Waals surface area contributed by atoms with E-state index in [0.29, 0.717) is 5.92 Å². The lowest BCUT2D eigenvalue weighted by Gasteiger charge is -2.28. The number of anilines is 2. The molecule has 9 heteroatoms. The number of alkyl carbamates (subject to hydrolysis) is 1. The molecule has 0 atom stereocenters. The van der Waals surface area contributed by atoms with Gasteiger partial charge in [0, 0.05) is 47.2 Å². The Kier molecular flexibility index (Phi) is 7.46. The first-order valence-corrected chi connectivity index (χ1v) is 13.8. The monoisotopic (exact) mass is 509 g/mol. The fourth-order valence-corrected chi connectivity index (χ4v) is 5.82. The number of benzene rings is 1. The van der Waals surface area contributed by atoms with Crippen molar-refractivity contribution in [3.8, 4) is 16.2 Å². The summed E-state index contributed by atoms with van der Waals surface area (Å²) in [7, 11) is 0. The lowest BCUT2D eigenvalue weighted by molar-refractivity contribution is 0.109. The van der Waals surface area contributed by atoms with Gasteiger partial charge in [0.25, 0.3) is 0 Å². The van der Waals surface area contributed by atoms with Crippen LogP contribution < -0.4 is 15.4 Å². The molecular formula is C27H35N5O3S. The molecule has 0 unspecified atom stereocenters. The van der Waals surface area contributed by atoms with Gasteiger partial charge in [-0.2, -0.15) is 5.10 Å². The number of aromatic nitrogens is 3. The Morgan fingerprint density at radius 1 is 1.14 bits per heavy atom. The van der Waals surface area contributed by atoms with E-state index in [2.05, 4.69) is 39.0 Å². The van der Waals surface area contributed by atoms with Crippen molar-refractivity contribution in [1.29, 1.82) is 0 Å². The molecule has 0 aliphatic heterocycles. The number of carbonyl (C=O) groups excluding carboxylic acids is 1. The van der Waals surface area contributed by atoms with Crippen molar-refractivity contribution in [2.24, 2.45) is 0 Å². The Balaban J connectivity index is 1.27. The molecule has 2 aromatic heterocycles. The quantitative estimate of drug-likeness (QED) is 0.313. The van der Waals surface area contributed by atoms with Gasteiger partial charge in [0.05, 0.1) is 22.1 Å². The molecule has 2 aliphatic carbocycles. The van der Waals surface area contributed by atoms with Gasteiger partial charge < -0.3 is 20.1 Å². The minimum Gasteiger partial charge on any atom is -0.490 e. The van der Waals surface area contributed by atoms with Crippen molar-refractivity contribution in [2.75, 3.05) is 5.32 Å². The number of carbonyl (C=O) groups is 1. The van der Waals surface area contributed by atoms with Crippen LogP contribution in [0.25, 0.3) is 10.4 Å². The van der Waals surface area contributed by atoms with E-state index in [0.717, 1.165) is 76.9 Å². The summed E-state index contributed by atoms with van der Waals surface area (Å²) < 4.78 is 11.6. The molecule has 2 heterocycles. The number of ether oxygens (including phenoxy) is 2. The van der Waals surface area contributed by atoms with Gasteiger partial charge in [-0.1, -0.05) is 0 Å². The Morgan fingerprint density at radius 3 is 2.61 bits per heavy atom. The number of rotatable bonds is 8. The fraction of sp³-hybridized carbons (Fsp3) is 0.519. The van der Waals surface area contributed by atoms with E-state index in [1.165, 1.54) is 6.42 Å². The van der Waals surface area contributed by atoms with Crippen molar-refractivity contribution >= 4 is 28.9 Å². The summed E-state index contributed by atoms with van der Waals surface area (Å²) in [6.07, 6.45) is 9.18.